The van der Waals surface area contributed by atoms with Crippen LogP contribution in [-0.4, -0.2) is 61.5 Å². The first-order valence-corrected chi connectivity index (χ1v) is 11.6. The van der Waals surface area contributed by atoms with Crippen LogP contribution >= 0.6 is 0 Å². The molecule has 1 saturated heterocycles. The summed E-state index contributed by atoms with van der Waals surface area (Å²) < 4.78 is 49.3. The number of benzene rings is 2. The molecule has 32 heavy (non-hydrogen) atoms. The van der Waals surface area contributed by atoms with Crippen LogP contribution in [0.15, 0.2) is 47.4 Å². The first-order valence-electron chi connectivity index (χ1n) is 10.2. The van der Waals surface area contributed by atoms with E-state index < -0.39 is 22.5 Å². The highest BCUT2D eigenvalue weighted by molar-refractivity contribution is 7.92. The van der Waals surface area contributed by atoms with E-state index in [0.29, 0.717) is 30.3 Å². The summed E-state index contributed by atoms with van der Waals surface area (Å²) in [5, 5.41) is 2.77. The molecule has 2 aromatic rings. The summed E-state index contributed by atoms with van der Waals surface area (Å²) in [6.07, 6.45) is 1.77. The monoisotopic (exact) mass is 464 g/mol. The van der Waals surface area contributed by atoms with Crippen molar-refractivity contribution >= 4 is 21.6 Å². The summed E-state index contributed by atoms with van der Waals surface area (Å²) in [5.74, 6) is 0.809. The Morgan fingerprint density at radius 1 is 1.06 bits per heavy atom. The molecule has 9 nitrogen and oxygen atoms in total. The Morgan fingerprint density at radius 2 is 1.78 bits per heavy atom. The van der Waals surface area contributed by atoms with Gasteiger partial charge in [-0.15, -0.1) is 0 Å². The molecule has 1 fully saturated rings. The molecule has 1 atom stereocenters. The molecule has 0 aliphatic carbocycles. The number of ether oxygens (including phenoxy) is 4. The number of carbonyl (C=O) groups is 1. The van der Waals surface area contributed by atoms with E-state index in [1.54, 1.807) is 24.3 Å². The maximum Gasteiger partial charge on any atom is 0.264 e. The highest BCUT2D eigenvalue weighted by Crippen LogP contribution is 2.32. The summed E-state index contributed by atoms with van der Waals surface area (Å²) in [7, 11) is 0.312. The molecule has 10 heteroatoms. The molecule has 1 N–H and O–H groups in total. The van der Waals surface area contributed by atoms with Crippen molar-refractivity contribution in [3.63, 3.8) is 0 Å². The third-order valence-corrected chi connectivity index (χ3v) is 6.91. The molecule has 1 heterocycles. The van der Waals surface area contributed by atoms with Gasteiger partial charge >= 0.3 is 0 Å². The van der Waals surface area contributed by atoms with Crippen molar-refractivity contribution in [1.82, 2.24) is 5.32 Å². The Kier molecular flexibility index (Phi) is 7.81. The zero-order chi connectivity index (χ0) is 23.1. The molecule has 0 radical (unpaired) electrons. The number of methoxy groups -OCH3 is 3. The fraction of sp³-hybridized carbons (Fsp3) is 0.409. The quantitative estimate of drug-likeness (QED) is 0.575. The average molecular weight is 465 g/mol. The first kappa shape index (κ1) is 23.7. The van der Waals surface area contributed by atoms with Crippen LogP contribution in [0, 0.1) is 0 Å². The van der Waals surface area contributed by atoms with E-state index >= 15 is 0 Å². The van der Waals surface area contributed by atoms with Crippen LogP contribution in [-0.2, 0) is 19.6 Å². The Bertz CT molecular complexity index is 1020. The average Bonchev–Trinajstić information content (AvgIpc) is 3.34. The molecule has 0 bridgehead atoms. The van der Waals surface area contributed by atoms with Crippen LogP contribution in [0.2, 0.25) is 0 Å². The number of amides is 1. The normalized spacial score (nSPS) is 15.8. The molecule has 174 valence electrons. The van der Waals surface area contributed by atoms with Crippen LogP contribution in [0.3, 0.4) is 0 Å². The number of rotatable bonds is 10. The molecule has 0 aromatic heterocycles. The van der Waals surface area contributed by atoms with Gasteiger partial charge in [-0.3, -0.25) is 9.10 Å². The van der Waals surface area contributed by atoms with Crippen molar-refractivity contribution in [1.29, 1.82) is 0 Å². The van der Waals surface area contributed by atoms with E-state index in [2.05, 4.69) is 5.32 Å². The van der Waals surface area contributed by atoms with Gasteiger partial charge in [-0.2, -0.15) is 0 Å². The van der Waals surface area contributed by atoms with E-state index in [4.69, 9.17) is 18.9 Å². The summed E-state index contributed by atoms with van der Waals surface area (Å²) >= 11 is 0. The fourth-order valence-electron chi connectivity index (χ4n) is 3.39. The molecule has 3 rings (SSSR count). The minimum absolute atomic E-state index is 0.0297. The Balaban J connectivity index is 1.90. The van der Waals surface area contributed by atoms with Crippen LogP contribution in [0.4, 0.5) is 5.69 Å². The smallest absolute Gasteiger partial charge is 0.264 e. The molecule has 0 saturated carbocycles. The third-order valence-electron chi connectivity index (χ3n) is 5.14. The van der Waals surface area contributed by atoms with Crippen LogP contribution < -0.4 is 23.8 Å². The molecule has 0 unspecified atom stereocenters. The lowest BCUT2D eigenvalue weighted by molar-refractivity contribution is -0.120. The third kappa shape index (κ3) is 5.43. The van der Waals surface area contributed by atoms with Gasteiger partial charge in [0.05, 0.1) is 38.0 Å². The predicted octanol–water partition coefficient (Wildman–Crippen LogP) is 2.20. The predicted molar refractivity (Wildman–Crippen MR) is 119 cm³/mol. The highest BCUT2D eigenvalue weighted by atomic mass is 32.2. The van der Waals surface area contributed by atoms with Gasteiger partial charge in [-0.05, 0) is 49.2 Å². The van der Waals surface area contributed by atoms with Gasteiger partial charge < -0.3 is 24.3 Å². The zero-order valence-electron chi connectivity index (χ0n) is 18.4. The van der Waals surface area contributed by atoms with Gasteiger partial charge in [0.2, 0.25) is 5.91 Å². The van der Waals surface area contributed by atoms with Crippen molar-refractivity contribution in [2.24, 2.45) is 0 Å². The summed E-state index contributed by atoms with van der Waals surface area (Å²) in [4.78, 5) is 12.6. The highest BCUT2D eigenvalue weighted by Gasteiger charge is 2.29. The number of carbonyl (C=O) groups excluding carboxylic acids is 1. The minimum atomic E-state index is -4.10. The van der Waals surface area contributed by atoms with Gasteiger partial charge in [0.1, 0.15) is 12.3 Å². The van der Waals surface area contributed by atoms with Gasteiger partial charge in [-0.1, -0.05) is 0 Å². The topological polar surface area (TPSA) is 103 Å². The lowest BCUT2D eigenvalue weighted by Crippen LogP contribution is -2.42. The van der Waals surface area contributed by atoms with Crippen LogP contribution in [0.1, 0.15) is 12.8 Å². The zero-order valence-corrected chi connectivity index (χ0v) is 19.2. The molecular weight excluding hydrogens is 436 g/mol. The second-order valence-corrected chi connectivity index (χ2v) is 9.03. The van der Waals surface area contributed by atoms with Crippen LogP contribution in [0.25, 0.3) is 0 Å². The molecular formula is C22H28N2O7S. The molecule has 1 aliphatic heterocycles. The standard InChI is InChI=1S/C22H28N2O7S/c1-28-17-8-6-16(7-9-17)24(15-22(25)23-14-18-5-4-12-31-18)32(26,27)19-10-11-20(29-2)21(13-19)30-3/h6-11,13,18H,4-5,12,14-15H2,1-3H3,(H,23,25)/t18-/m0/s1. The Morgan fingerprint density at radius 3 is 2.38 bits per heavy atom. The molecule has 1 aliphatic rings. The van der Waals surface area contributed by atoms with Gasteiger partial charge in [0.15, 0.2) is 11.5 Å². The second-order valence-electron chi connectivity index (χ2n) is 7.17. The Labute approximate surface area is 188 Å². The SMILES string of the molecule is COc1ccc(N(CC(=O)NC[C@@H]2CCCO2)S(=O)(=O)c2ccc(OC)c(OC)c2)cc1. The Hall–Kier alpha value is -2.98. The first-order chi connectivity index (χ1) is 15.4. The van der Waals surface area contributed by atoms with Gasteiger partial charge in [0.25, 0.3) is 10.0 Å². The lowest BCUT2D eigenvalue weighted by Gasteiger charge is -2.25. The molecule has 2 aromatic carbocycles. The van der Waals surface area contributed by atoms with E-state index in [1.807, 2.05) is 0 Å². The molecule has 1 amide bonds. The minimum Gasteiger partial charge on any atom is -0.497 e. The molecule has 0 spiro atoms. The van der Waals surface area contributed by atoms with E-state index in [1.165, 1.54) is 39.5 Å². The summed E-state index contributed by atoms with van der Waals surface area (Å²) in [5.41, 5.74) is 0.327. The van der Waals surface area contributed by atoms with Crippen LogP contribution in [0.5, 0.6) is 17.2 Å². The van der Waals surface area contributed by atoms with Crippen molar-refractivity contribution in [3.8, 4) is 17.2 Å². The fourth-order valence-corrected chi connectivity index (χ4v) is 4.82. The van der Waals surface area contributed by atoms with Crippen molar-refractivity contribution in [3.05, 3.63) is 42.5 Å². The largest absolute Gasteiger partial charge is 0.497 e. The number of anilines is 1. The van der Waals surface area contributed by atoms with E-state index in [-0.39, 0.29) is 16.7 Å². The van der Waals surface area contributed by atoms with E-state index in [0.717, 1.165) is 17.1 Å². The van der Waals surface area contributed by atoms with Crippen molar-refractivity contribution in [2.45, 2.75) is 23.8 Å². The number of sulfonamides is 1. The van der Waals surface area contributed by atoms with Crippen molar-refractivity contribution < 1.29 is 32.2 Å². The number of nitrogens with one attached hydrogen (secondary N) is 1. The maximum absolute atomic E-state index is 13.5. The van der Waals surface area contributed by atoms with Gasteiger partial charge in [0, 0.05) is 19.2 Å². The number of hydrogen-bond donors (Lipinski definition) is 1. The number of hydrogen-bond acceptors (Lipinski definition) is 7. The second kappa shape index (κ2) is 10.6. The summed E-state index contributed by atoms with van der Waals surface area (Å²) in [6, 6.07) is 10.7. The maximum atomic E-state index is 13.5. The van der Waals surface area contributed by atoms with Gasteiger partial charge in [-0.25, -0.2) is 8.42 Å². The van der Waals surface area contributed by atoms with E-state index in [9.17, 15) is 13.2 Å². The lowest BCUT2D eigenvalue weighted by atomic mass is 10.2. The summed E-state index contributed by atoms with van der Waals surface area (Å²) in [6.45, 7) is 0.619. The van der Waals surface area contributed by atoms with Crippen molar-refractivity contribution in [2.75, 3.05) is 45.3 Å². The number of nitrogens with zero attached hydrogens (tertiary/aromatic N) is 1.